The lowest BCUT2D eigenvalue weighted by atomic mass is 10.1. The van der Waals surface area contributed by atoms with Crippen LogP contribution in [0, 0.1) is 5.92 Å². The topological polar surface area (TPSA) is 58.4 Å². The Morgan fingerprint density at radius 1 is 1.48 bits per heavy atom. The van der Waals surface area contributed by atoms with Crippen LogP contribution in [0.25, 0.3) is 0 Å². The molecule has 6 heteroatoms. The Hall–Kier alpha value is -1.85. The number of aromatic nitrogens is 2. The molecule has 0 unspecified atom stereocenters. The van der Waals surface area contributed by atoms with Gasteiger partial charge in [-0.05, 0) is 25.8 Å². The minimum absolute atomic E-state index is 0.112. The largest absolute Gasteiger partial charge is 0.341 e. The molecule has 1 aromatic rings. The quantitative estimate of drug-likeness (QED) is 0.776. The van der Waals surface area contributed by atoms with E-state index in [-0.39, 0.29) is 17.7 Å². The van der Waals surface area contributed by atoms with Crippen LogP contribution in [0.5, 0.6) is 0 Å². The molecule has 3 rings (SSSR count). The summed E-state index contributed by atoms with van der Waals surface area (Å²) in [5.41, 5.74) is 0. The zero-order chi connectivity index (χ0) is 14.8. The first-order valence-corrected chi connectivity index (χ1v) is 7.74. The van der Waals surface area contributed by atoms with Gasteiger partial charge in [0.1, 0.15) is 0 Å². The number of likely N-dealkylation sites (N-methyl/N-ethyl adjacent to an activating group) is 1. The van der Waals surface area contributed by atoms with Crippen LogP contribution in [-0.4, -0.2) is 57.1 Å². The van der Waals surface area contributed by atoms with Gasteiger partial charge in [-0.2, -0.15) is 5.10 Å². The summed E-state index contributed by atoms with van der Waals surface area (Å²) >= 11 is 0. The van der Waals surface area contributed by atoms with Crippen molar-refractivity contribution in [3.63, 3.8) is 0 Å². The maximum atomic E-state index is 12.6. The molecule has 2 heterocycles. The Morgan fingerprint density at radius 3 is 2.90 bits per heavy atom. The van der Waals surface area contributed by atoms with Gasteiger partial charge in [-0.3, -0.25) is 14.3 Å². The highest BCUT2D eigenvalue weighted by Crippen LogP contribution is 2.33. The van der Waals surface area contributed by atoms with Crippen molar-refractivity contribution >= 4 is 11.8 Å². The minimum atomic E-state index is -0.157. The Morgan fingerprint density at radius 2 is 2.29 bits per heavy atom. The summed E-state index contributed by atoms with van der Waals surface area (Å²) in [6, 6.07) is 2.29. The maximum Gasteiger partial charge on any atom is 0.228 e. The van der Waals surface area contributed by atoms with Gasteiger partial charge in [0.15, 0.2) is 0 Å². The predicted molar refractivity (Wildman–Crippen MR) is 77.3 cm³/mol. The van der Waals surface area contributed by atoms with E-state index < -0.39 is 0 Å². The van der Waals surface area contributed by atoms with Gasteiger partial charge in [0.05, 0.1) is 12.5 Å². The monoisotopic (exact) mass is 290 g/mol. The van der Waals surface area contributed by atoms with E-state index in [1.807, 2.05) is 33.7 Å². The molecule has 114 valence electrons. The first-order chi connectivity index (χ1) is 10.2. The van der Waals surface area contributed by atoms with Crippen molar-refractivity contribution in [2.24, 2.45) is 5.92 Å². The van der Waals surface area contributed by atoms with Crippen molar-refractivity contribution in [1.29, 1.82) is 0 Å². The van der Waals surface area contributed by atoms with Gasteiger partial charge in [0.25, 0.3) is 0 Å². The first-order valence-electron chi connectivity index (χ1n) is 7.74. The second-order valence-corrected chi connectivity index (χ2v) is 5.87. The van der Waals surface area contributed by atoms with Crippen LogP contribution in [0.3, 0.4) is 0 Å². The molecule has 2 amide bonds. The van der Waals surface area contributed by atoms with Gasteiger partial charge in [0.2, 0.25) is 11.8 Å². The van der Waals surface area contributed by atoms with E-state index >= 15 is 0 Å². The van der Waals surface area contributed by atoms with Crippen molar-refractivity contribution in [3.8, 4) is 0 Å². The normalized spacial score (nSPS) is 21.9. The molecule has 0 N–H and O–H groups in total. The lowest BCUT2D eigenvalue weighted by Crippen LogP contribution is -2.39. The van der Waals surface area contributed by atoms with Gasteiger partial charge < -0.3 is 9.80 Å². The van der Waals surface area contributed by atoms with E-state index in [1.165, 1.54) is 0 Å². The number of hydrogen-bond donors (Lipinski definition) is 0. The Labute approximate surface area is 124 Å². The van der Waals surface area contributed by atoms with Crippen LogP contribution in [0.4, 0.5) is 0 Å². The van der Waals surface area contributed by atoms with E-state index in [1.54, 1.807) is 6.20 Å². The summed E-state index contributed by atoms with van der Waals surface area (Å²) in [7, 11) is 0. The molecule has 0 aromatic carbocycles. The molecule has 2 aliphatic rings. The molecule has 21 heavy (non-hydrogen) atoms. The number of amides is 2. The number of rotatable bonds is 6. The summed E-state index contributed by atoms with van der Waals surface area (Å²) in [4.78, 5) is 28.3. The van der Waals surface area contributed by atoms with Crippen LogP contribution < -0.4 is 0 Å². The number of carbonyl (C=O) groups is 2. The molecular weight excluding hydrogens is 268 g/mol. The van der Waals surface area contributed by atoms with Crippen LogP contribution in [0.1, 0.15) is 26.2 Å². The first kappa shape index (κ1) is 14.1. The molecule has 1 saturated carbocycles. The zero-order valence-corrected chi connectivity index (χ0v) is 12.4. The Balaban J connectivity index is 1.56. The Kier molecular flexibility index (Phi) is 3.94. The second kappa shape index (κ2) is 5.87. The molecule has 6 nitrogen and oxygen atoms in total. The van der Waals surface area contributed by atoms with Gasteiger partial charge in [0, 0.05) is 44.5 Å². The fraction of sp³-hybridized carbons (Fsp3) is 0.667. The van der Waals surface area contributed by atoms with Gasteiger partial charge >= 0.3 is 0 Å². The van der Waals surface area contributed by atoms with E-state index in [4.69, 9.17) is 0 Å². The van der Waals surface area contributed by atoms with Crippen LogP contribution >= 0.6 is 0 Å². The SMILES string of the molecule is CCN(CCn1cccn1)C(=O)[C@H]1CC(=O)N(C2CC2)C1. The molecule has 0 spiro atoms. The minimum Gasteiger partial charge on any atom is -0.341 e. The highest BCUT2D eigenvalue weighted by atomic mass is 16.2. The van der Waals surface area contributed by atoms with E-state index in [0.717, 1.165) is 12.8 Å². The fourth-order valence-electron chi connectivity index (χ4n) is 2.97. The highest BCUT2D eigenvalue weighted by molar-refractivity contribution is 5.89. The lowest BCUT2D eigenvalue weighted by Gasteiger charge is -2.24. The third-order valence-corrected chi connectivity index (χ3v) is 4.35. The summed E-state index contributed by atoms with van der Waals surface area (Å²) in [6.07, 6.45) is 6.22. The summed E-state index contributed by atoms with van der Waals surface area (Å²) in [6.45, 7) is 4.61. The third kappa shape index (κ3) is 3.09. The summed E-state index contributed by atoms with van der Waals surface area (Å²) in [5.74, 6) is 0.107. The maximum absolute atomic E-state index is 12.6. The molecule has 1 aliphatic heterocycles. The number of carbonyl (C=O) groups excluding carboxylic acids is 2. The Bertz CT molecular complexity index is 510. The summed E-state index contributed by atoms with van der Waals surface area (Å²) in [5, 5.41) is 4.15. The van der Waals surface area contributed by atoms with Gasteiger partial charge in [-0.1, -0.05) is 0 Å². The van der Waals surface area contributed by atoms with E-state index in [0.29, 0.717) is 38.6 Å². The van der Waals surface area contributed by atoms with E-state index in [2.05, 4.69) is 5.10 Å². The average Bonchev–Trinajstić information content (AvgIpc) is 3.04. The lowest BCUT2D eigenvalue weighted by molar-refractivity contribution is -0.135. The molecule has 0 bridgehead atoms. The average molecular weight is 290 g/mol. The smallest absolute Gasteiger partial charge is 0.228 e. The van der Waals surface area contributed by atoms with Crippen molar-refractivity contribution in [3.05, 3.63) is 18.5 Å². The molecular formula is C15H22N4O2. The molecule has 2 fully saturated rings. The fourth-order valence-corrected chi connectivity index (χ4v) is 2.97. The number of nitrogens with zero attached hydrogens (tertiary/aromatic N) is 4. The standard InChI is InChI=1S/C15H22N4O2/c1-2-17(8-9-18-7-3-6-16-18)15(21)12-10-14(20)19(11-12)13-4-5-13/h3,6-7,12-13H,2,4-5,8-11H2,1H3/t12-/m0/s1. The van der Waals surface area contributed by atoms with Crippen LogP contribution in [0.15, 0.2) is 18.5 Å². The zero-order valence-electron chi connectivity index (χ0n) is 12.4. The van der Waals surface area contributed by atoms with Gasteiger partial charge in [-0.25, -0.2) is 0 Å². The van der Waals surface area contributed by atoms with Crippen LogP contribution in [-0.2, 0) is 16.1 Å². The third-order valence-electron chi connectivity index (χ3n) is 4.35. The van der Waals surface area contributed by atoms with Crippen molar-refractivity contribution in [1.82, 2.24) is 19.6 Å². The molecule has 1 aliphatic carbocycles. The highest BCUT2D eigenvalue weighted by Gasteiger charge is 2.42. The molecule has 0 radical (unpaired) electrons. The molecule has 1 saturated heterocycles. The summed E-state index contributed by atoms with van der Waals surface area (Å²) < 4.78 is 1.83. The van der Waals surface area contributed by atoms with Gasteiger partial charge in [-0.15, -0.1) is 0 Å². The molecule has 1 atom stereocenters. The van der Waals surface area contributed by atoms with Crippen molar-refractivity contribution < 1.29 is 9.59 Å². The predicted octanol–water partition coefficient (Wildman–Crippen LogP) is 0.742. The molecule has 1 aromatic heterocycles. The van der Waals surface area contributed by atoms with E-state index in [9.17, 15) is 9.59 Å². The second-order valence-electron chi connectivity index (χ2n) is 5.87. The number of hydrogen-bond acceptors (Lipinski definition) is 3. The van der Waals surface area contributed by atoms with Crippen molar-refractivity contribution in [2.45, 2.75) is 38.8 Å². The number of likely N-dealkylation sites (tertiary alicyclic amines) is 1. The van der Waals surface area contributed by atoms with Crippen LogP contribution in [0.2, 0.25) is 0 Å². The van der Waals surface area contributed by atoms with Crippen molar-refractivity contribution in [2.75, 3.05) is 19.6 Å².